The molecule has 1 aliphatic heterocycles. The second kappa shape index (κ2) is 6.55. The lowest BCUT2D eigenvalue weighted by molar-refractivity contribution is -0.131. The van der Waals surface area contributed by atoms with E-state index in [9.17, 15) is 4.79 Å². The van der Waals surface area contributed by atoms with Crippen molar-refractivity contribution < 1.29 is 4.79 Å². The second-order valence-corrected chi connectivity index (χ2v) is 7.83. The summed E-state index contributed by atoms with van der Waals surface area (Å²) in [6, 6.07) is 3.97. The number of aryl methyl sites for hydroxylation is 2. The molecule has 7 heteroatoms. The minimum absolute atomic E-state index is 0.212. The highest BCUT2D eigenvalue weighted by atomic mass is 32.1. The number of nitrogens with zero attached hydrogens (tertiary/aromatic N) is 5. The van der Waals surface area contributed by atoms with Gasteiger partial charge in [0.15, 0.2) is 5.65 Å². The van der Waals surface area contributed by atoms with Crippen LogP contribution in [0.15, 0.2) is 24.5 Å². The first-order valence-electron chi connectivity index (χ1n) is 8.61. The molecule has 0 bridgehead atoms. The molecule has 3 aromatic rings. The first kappa shape index (κ1) is 16.2. The van der Waals surface area contributed by atoms with Crippen molar-refractivity contribution in [3.63, 3.8) is 0 Å². The predicted octanol–water partition coefficient (Wildman–Crippen LogP) is 2.75. The standard InChI is InChI=1S/C18H21N5OS/c1-12-16(25-13(2)21-12)11-18(24)22-9-5-14(6-10-22)15-3-7-19-17-4-8-20-23(15)17/h3-4,7-8,14H,5-6,9-11H2,1-2H3. The quantitative estimate of drug-likeness (QED) is 0.725. The lowest BCUT2D eigenvalue weighted by atomic mass is 9.93. The monoisotopic (exact) mass is 355 g/mol. The Morgan fingerprint density at radius 1 is 1.24 bits per heavy atom. The van der Waals surface area contributed by atoms with E-state index in [1.165, 1.54) is 5.69 Å². The SMILES string of the molecule is Cc1nc(C)c(CC(=O)N2CCC(c3ccnc4ccnn34)CC2)s1. The van der Waals surface area contributed by atoms with Gasteiger partial charge in [-0.25, -0.2) is 14.5 Å². The second-order valence-electron chi connectivity index (χ2n) is 6.54. The van der Waals surface area contributed by atoms with Gasteiger partial charge in [0.1, 0.15) is 0 Å². The van der Waals surface area contributed by atoms with Gasteiger partial charge in [0.05, 0.1) is 23.3 Å². The van der Waals surface area contributed by atoms with E-state index in [0.29, 0.717) is 12.3 Å². The number of fused-ring (bicyclic) bond motifs is 1. The van der Waals surface area contributed by atoms with Crippen LogP contribution in [0.2, 0.25) is 0 Å². The number of amides is 1. The van der Waals surface area contributed by atoms with Crippen molar-refractivity contribution in [1.29, 1.82) is 0 Å². The van der Waals surface area contributed by atoms with E-state index < -0.39 is 0 Å². The number of aromatic nitrogens is 4. The summed E-state index contributed by atoms with van der Waals surface area (Å²) in [6.07, 6.45) is 6.03. The molecule has 0 unspecified atom stereocenters. The average molecular weight is 355 g/mol. The maximum atomic E-state index is 12.6. The molecule has 0 radical (unpaired) electrons. The van der Waals surface area contributed by atoms with E-state index in [0.717, 1.165) is 47.2 Å². The number of carbonyl (C=O) groups excluding carboxylic acids is 1. The summed E-state index contributed by atoms with van der Waals surface area (Å²) < 4.78 is 1.92. The summed E-state index contributed by atoms with van der Waals surface area (Å²) in [5, 5.41) is 5.41. The highest BCUT2D eigenvalue weighted by molar-refractivity contribution is 7.11. The molecule has 1 saturated heterocycles. The molecule has 4 heterocycles. The third-order valence-electron chi connectivity index (χ3n) is 4.90. The largest absolute Gasteiger partial charge is 0.342 e. The molecule has 6 nitrogen and oxygen atoms in total. The zero-order chi connectivity index (χ0) is 17.4. The molecule has 3 aromatic heterocycles. The van der Waals surface area contributed by atoms with Gasteiger partial charge in [0, 0.05) is 41.8 Å². The maximum absolute atomic E-state index is 12.6. The molecule has 130 valence electrons. The van der Waals surface area contributed by atoms with Gasteiger partial charge in [0.2, 0.25) is 5.91 Å². The lowest BCUT2D eigenvalue weighted by Gasteiger charge is -2.32. The Morgan fingerprint density at radius 2 is 2.04 bits per heavy atom. The Kier molecular flexibility index (Phi) is 4.25. The zero-order valence-corrected chi connectivity index (χ0v) is 15.3. The molecule has 0 aliphatic carbocycles. The minimum atomic E-state index is 0.212. The smallest absolute Gasteiger partial charge is 0.227 e. The summed E-state index contributed by atoms with van der Waals surface area (Å²) in [5.74, 6) is 0.631. The van der Waals surface area contributed by atoms with Crippen molar-refractivity contribution in [2.75, 3.05) is 13.1 Å². The van der Waals surface area contributed by atoms with Crippen LogP contribution in [-0.4, -0.2) is 43.5 Å². The number of carbonyl (C=O) groups is 1. The topological polar surface area (TPSA) is 63.4 Å². The molecule has 25 heavy (non-hydrogen) atoms. The van der Waals surface area contributed by atoms with Gasteiger partial charge in [-0.1, -0.05) is 0 Å². The third kappa shape index (κ3) is 3.16. The number of thiazole rings is 1. The van der Waals surface area contributed by atoms with Crippen LogP contribution < -0.4 is 0 Å². The number of hydrogen-bond donors (Lipinski definition) is 0. The van der Waals surface area contributed by atoms with Crippen LogP contribution in [0.4, 0.5) is 0 Å². The Balaban J connectivity index is 1.42. The first-order valence-corrected chi connectivity index (χ1v) is 9.43. The first-order chi connectivity index (χ1) is 12.1. The fraction of sp³-hybridized carbons (Fsp3) is 0.444. The van der Waals surface area contributed by atoms with Gasteiger partial charge in [0.25, 0.3) is 0 Å². The van der Waals surface area contributed by atoms with E-state index in [1.807, 2.05) is 41.6 Å². The summed E-state index contributed by atoms with van der Waals surface area (Å²) >= 11 is 1.63. The number of likely N-dealkylation sites (tertiary alicyclic amines) is 1. The van der Waals surface area contributed by atoms with Crippen LogP contribution in [0.25, 0.3) is 5.65 Å². The molecule has 1 amide bonds. The van der Waals surface area contributed by atoms with Crippen molar-refractivity contribution in [1.82, 2.24) is 24.5 Å². The van der Waals surface area contributed by atoms with Gasteiger partial charge in [-0.3, -0.25) is 4.79 Å². The van der Waals surface area contributed by atoms with Gasteiger partial charge in [-0.15, -0.1) is 11.3 Å². The molecule has 1 aliphatic rings. The highest BCUT2D eigenvalue weighted by Gasteiger charge is 2.26. The molecule has 0 atom stereocenters. The van der Waals surface area contributed by atoms with Gasteiger partial charge >= 0.3 is 0 Å². The predicted molar refractivity (Wildman–Crippen MR) is 96.8 cm³/mol. The van der Waals surface area contributed by atoms with Crippen molar-refractivity contribution in [2.24, 2.45) is 0 Å². The number of rotatable bonds is 3. The van der Waals surface area contributed by atoms with E-state index >= 15 is 0 Å². The van der Waals surface area contributed by atoms with Gasteiger partial charge in [-0.2, -0.15) is 5.10 Å². The van der Waals surface area contributed by atoms with E-state index in [2.05, 4.69) is 15.1 Å². The van der Waals surface area contributed by atoms with E-state index in [-0.39, 0.29) is 5.91 Å². The summed E-state index contributed by atoms with van der Waals surface area (Å²) in [4.78, 5) is 24.5. The van der Waals surface area contributed by atoms with Crippen LogP contribution in [0.3, 0.4) is 0 Å². The molecule has 4 rings (SSSR count). The molecule has 0 aromatic carbocycles. The molecular formula is C18H21N5OS. The molecular weight excluding hydrogens is 334 g/mol. The molecule has 0 spiro atoms. The Labute approximate surface area is 150 Å². The van der Waals surface area contributed by atoms with Gasteiger partial charge in [-0.05, 0) is 32.8 Å². The maximum Gasteiger partial charge on any atom is 0.227 e. The van der Waals surface area contributed by atoms with E-state index in [4.69, 9.17) is 0 Å². The van der Waals surface area contributed by atoms with Crippen LogP contribution in [-0.2, 0) is 11.2 Å². The van der Waals surface area contributed by atoms with Gasteiger partial charge < -0.3 is 4.90 Å². The summed E-state index contributed by atoms with van der Waals surface area (Å²) in [7, 11) is 0. The zero-order valence-electron chi connectivity index (χ0n) is 14.5. The normalized spacial score (nSPS) is 15.8. The minimum Gasteiger partial charge on any atom is -0.342 e. The van der Waals surface area contributed by atoms with E-state index in [1.54, 1.807) is 17.5 Å². The summed E-state index contributed by atoms with van der Waals surface area (Å²) in [6.45, 7) is 5.57. The van der Waals surface area contributed by atoms with Crippen molar-refractivity contribution >= 4 is 22.9 Å². The Bertz CT molecular complexity index is 907. The van der Waals surface area contributed by atoms with Crippen LogP contribution in [0.5, 0.6) is 0 Å². The lowest BCUT2D eigenvalue weighted by Crippen LogP contribution is -2.39. The van der Waals surface area contributed by atoms with Crippen LogP contribution >= 0.6 is 11.3 Å². The Hall–Kier alpha value is -2.28. The fourth-order valence-corrected chi connectivity index (χ4v) is 4.50. The van der Waals surface area contributed by atoms with Crippen molar-refractivity contribution in [3.8, 4) is 0 Å². The molecule has 1 fully saturated rings. The number of hydrogen-bond acceptors (Lipinski definition) is 5. The summed E-state index contributed by atoms with van der Waals surface area (Å²) in [5.41, 5.74) is 3.06. The third-order valence-corrected chi connectivity index (χ3v) is 5.97. The van der Waals surface area contributed by atoms with Crippen molar-refractivity contribution in [2.45, 2.75) is 39.0 Å². The average Bonchev–Trinajstić information content (AvgIpc) is 3.21. The molecule has 0 saturated carbocycles. The Morgan fingerprint density at radius 3 is 2.76 bits per heavy atom. The molecule has 0 N–H and O–H groups in total. The van der Waals surface area contributed by atoms with Crippen molar-refractivity contribution in [3.05, 3.63) is 45.8 Å². The highest BCUT2D eigenvalue weighted by Crippen LogP contribution is 2.28. The number of piperidine rings is 1. The van der Waals surface area contributed by atoms with Crippen LogP contribution in [0.1, 0.15) is 40.0 Å². The fourth-order valence-electron chi connectivity index (χ4n) is 3.57. The van der Waals surface area contributed by atoms with Crippen LogP contribution in [0, 0.1) is 13.8 Å².